The topological polar surface area (TPSA) is 15.3 Å². The minimum atomic E-state index is 0.176. The molecule has 1 aliphatic rings. The monoisotopic (exact) mass is 246 g/mol. The third-order valence-electron chi connectivity index (χ3n) is 3.65. The van der Waals surface area contributed by atoms with Crippen LogP contribution in [0, 0.1) is 5.41 Å². The molecule has 0 bridgehead atoms. The summed E-state index contributed by atoms with van der Waals surface area (Å²) in [6.07, 6.45) is 0. The molecule has 0 saturated carbocycles. The van der Waals surface area contributed by atoms with E-state index < -0.39 is 0 Å². The van der Waals surface area contributed by atoms with Crippen molar-refractivity contribution in [3.8, 4) is 0 Å². The van der Waals surface area contributed by atoms with E-state index in [2.05, 4.69) is 70.1 Å². The van der Waals surface area contributed by atoms with Crippen LogP contribution < -0.4 is 10.2 Å². The summed E-state index contributed by atoms with van der Waals surface area (Å²) < 4.78 is 0. The molecule has 2 nitrogen and oxygen atoms in total. The molecule has 2 heteroatoms. The molecular formula is C16H26N2. The van der Waals surface area contributed by atoms with Crippen LogP contribution in [0.15, 0.2) is 18.2 Å². The average molecular weight is 246 g/mol. The molecule has 18 heavy (non-hydrogen) atoms. The van der Waals surface area contributed by atoms with E-state index in [1.54, 1.807) is 0 Å². The van der Waals surface area contributed by atoms with Crippen LogP contribution in [0.2, 0.25) is 0 Å². The molecule has 2 rings (SSSR count). The van der Waals surface area contributed by atoms with E-state index in [1.807, 2.05) is 0 Å². The van der Waals surface area contributed by atoms with Crippen LogP contribution in [0.1, 0.15) is 40.2 Å². The second kappa shape index (κ2) is 4.18. The number of benzene rings is 1. The molecule has 100 valence electrons. The molecule has 0 spiro atoms. The lowest BCUT2D eigenvalue weighted by molar-refractivity contribution is 0.402. The predicted molar refractivity (Wildman–Crippen MR) is 80.7 cm³/mol. The van der Waals surface area contributed by atoms with E-state index in [4.69, 9.17) is 0 Å². The summed E-state index contributed by atoms with van der Waals surface area (Å²) in [4.78, 5) is 2.41. The van der Waals surface area contributed by atoms with E-state index in [-0.39, 0.29) is 5.41 Å². The number of nitrogens with one attached hydrogen (secondary N) is 1. The number of fused-ring (bicyclic) bond motifs is 1. The highest BCUT2D eigenvalue weighted by molar-refractivity contribution is 5.75. The van der Waals surface area contributed by atoms with E-state index in [0.29, 0.717) is 5.41 Å². The van der Waals surface area contributed by atoms with Crippen molar-refractivity contribution in [1.29, 1.82) is 0 Å². The van der Waals surface area contributed by atoms with Crippen molar-refractivity contribution < 1.29 is 0 Å². The highest BCUT2D eigenvalue weighted by Crippen LogP contribution is 2.40. The Kier molecular flexibility index (Phi) is 3.08. The summed E-state index contributed by atoms with van der Waals surface area (Å²) in [7, 11) is 2.21. The van der Waals surface area contributed by atoms with E-state index in [0.717, 1.165) is 13.1 Å². The summed E-state index contributed by atoms with van der Waals surface area (Å²) in [5.74, 6) is 0. The molecule has 0 radical (unpaired) electrons. The minimum absolute atomic E-state index is 0.176. The Morgan fingerprint density at radius 2 is 1.89 bits per heavy atom. The maximum atomic E-state index is 3.62. The molecule has 1 N–H and O–H groups in total. The Balaban J connectivity index is 2.53. The van der Waals surface area contributed by atoms with Gasteiger partial charge in [0.2, 0.25) is 0 Å². The molecule has 0 unspecified atom stereocenters. The lowest BCUT2D eigenvalue weighted by atomic mass is 9.85. The van der Waals surface area contributed by atoms with Crippen molar-refractivity contribution in [3.63, 3.8) is 0 Å². The minimum Gasteiger partial charge on any atom is -0.383 e. The SMILES string of the molecule is CN1CC(C)(C)CNc2cccc(C(C)(C)C)c21. The summed E-state index contributed by atoms with van der Waals surface area (Å²) in [6, 6.07) is 6.62. The van der Waals surface area contributed by atoms with Gasteiger partial charge in [0.15, 0.2) is 0 Å². The van der Waals surface area contributed by atoms with E-state index >= 15 is 0 Å². The number of anilines is 2. The van der Waals surface area contributed by atoms with Gasteiger partial charge in [0, 0.05) is 20.1 Å². The van der Waals surface area contributed by atoms with Gasteiger partial charge in [-0.05, 0) is 22.5 Å². The third-order valence-corrected chi connectivity index (χ3v) is 3.65. The Hall–Kier alpha value is -1.18. The first-order chi connectivity index (χ1) is 8.21. The van der Waals surface area contributed by atoms with Crippen molar-refractivity contribution in [1.82, 2.24) is 0 Å². The molecule has 1 aromatic rings. The van der Waals surface area contributed by atoms with Gasteiger partial charge in [-0.3, -0.25) is 0 Å². The Morgan fingerprint density at radius 1 is 1.22 bits per heavy atom. The molecule has 0 amide bonds. The van der Waals surface area contributed by atoms with Gasteiger partial charge in [0.1, 0.15) is 0 Å². The highest BCUT2D eigenvalue weighted by Gasteiger charge is 2.29. The lowest BCUT2D eigenvalue weighted by Gasteiger charge is -2.32. The first-order valence-electron chi connectivity index (χ1n) is 6.79. The Morgan fingerprint density at radius 3 is 2.50 bits per heavy atom. The predicted octanol–water partition coefficient (Wildman–Crippen LogP) is 3.87. The van der Waals surface area contributed by atoms with Gasteiger partial charge in [-0.2, -0.15) is 0 Å². The Bertz CT molecular complexity index is 441. The fourth-order valence-corrected chi connectivity index (χ4v) is 2.81. The van der Waals surface area contributed by atoms with Crippen LogP contribution in [-0.4, -0.2) is 20.1 Å². The van der Waals surface area contributed by atoms with Gasteiger partial charge in [0.25, 0.3) is 0 Å². The summed E-state index contributed by atoms with van der Waals surface area (Å²) >= 11 is 0. The molecule has 0 atom stereocenters. The van der Waals surface area contributed by atoms with Crippen LogP contribution in [0.25, 0.3) is 0 Å². The second-order valence-corrected chi connectivity index (χ2v) is 7.33. The zero-order chi connectivity index (χ0) is 13.6. The summed E-state index contributed by atoms with van der Waals surface area (Å²) in [5, 5.41) is 3.62. The standard InChI is InChI=1S/C16H26N2/c1-15(2,3)12-8-7-9-13-14(12)18(6)11-16(4,5)10-17-13/h7-9,17H,10-11H2,1-6H3. The van der Waals surface area contributed by atoms with Crippen LogP contribution in [0.5, 0.6) is 0 Å². The van der Waals surface area contributed by atoms with E-state index in [1.165, 1.54) is 16.9 Å². The van der Waals surface area contributed by atoms with Crippen molar-refractivity contribution >= 4 is 11.4 Å². The van der Waals surface area contributed by atoms with Gasteiger partial charge in [-0.25, -0.2) is 0 Å². The molecule has 0 saturated heterocycles. The quantitative estimate of drug-likeness (QED) is 0.747. The van der Waals surface area contributed by atoms with Gasteiger partial charge in [0.05, 0.1) is 11.4 Å². The largest absolute Gasteiger partial charge is 0.383 e. The Labute approximate surface area is 111 Å². The number of hydrogen-bond donors (Lipinski definition) is 1. The first-order valence-corrected chi connectivity index (χ1v) is 6.79. The zero-order valence-electron chi connectivity index (χ0n) is 12.6. The normalized spacial score (nSPS) is 18.9. The number of rotatable bonds is 0. The third kappa shape index (κ3) is 2.47. The molecule has 1 aromatic carbocycles. The van der Waals surface area contributed by atoms with Crippen LogP contribution in [0.4, 0.5) is 11.4 Å². The molecule has 1 aliphatic heterocycles. The second-order valence-electron chi connectivity index (χ2n) is 7.33. The van der Waals surface area contributed by atoms with Gasteiger partial charge in [-0.1, -0.05) is 46.8 Å². The van der Waals surface area contributed by atoms with Gasteiger partial charge >= 0.3 is 0 Å². The van der Waals surface area contributed by atoms with Crippen LogP contribution >= 0.6 is 0 Å². The molecule has 0 fully saturated rings. The molecular weight excluding hydrogens is 220 g/mol. The van der Waals surface area contributed by atoms with Crippen molar-refractivity contribution in [3.05, 3.63) is 23.8 Å². The highest BCUT2D eigenvalue weighted by atomic mass is 15.2. The van der Waals surface area contributed by atoms with Crippen LogP contribution in [0.3, 0.4) is 0 Å². The maximum absolute atomic E-state index is 3.62. The van der Waals surface area contributed by atoms with Crippen molar-refractivity contribution in [2.24, 2.45) is 5.41 Å². The average Bonchev–Trinajstić information content (AvgIpc) is 2.34. The van der Waals surface area contributed by atoms with Crippen LogP contribution in [-0.2, 0) is 5.41 Å². The molecule has 1 heterocycles. The fourth-order valence-electron chi connectivity index (χ4n) is 2.81. The number of para-hydroxylation sites is 1. The van der Waals surface area contributed by atoms with Gasteiger partial charge in [-0.15, -0.1) is 0 Å². The number of nitrogens with zero attached hydrogens (tertiary/aromatic N) is 1. The van der Waals surface area contributed by atoms with Gasteiger partial charge < -0.3 is 10.2 Å². The lowest BCUT2D eigenvalue weighted by Crippen LogP contribution is -2.34. The first kappa shape index (κ1) is 13.3. The van der Waals surface area contributed by atoms with Crippen molar-refractivity contribution in [2.75, 3.05) is 30.4 Å². The number of hydrogen-bond acceptors (Lipinski definition) is 2. The summed E-state index contributed by atoms with van der Waals surface area (Å²) in [6.45, 7) is 13.6. The van der Waals surface area contributed by atoms with Crippen molar-refractivity contribution in [2.45, 2.75) is 40.0 Å². The maximum Gasteiger partial charge on any atom is 0.0637 e. The molecule has 0 aromatic heterocycles. The zero-order valence-corrected chi connectivity index (χ0v) is 12.6. The molecule has 0 aliphatic carbocycles. The van der Waals surface area contributed by atoms with E-state index in [9.17, 15) is 0 Å². The smallest absolute Gasteiger partial charge is 0.0637 e. The fraction of sp³-hybridized carbons (Fsp3) is 0.625. The summed E-state index contributed by atoms with van der Waals surface area (Å²) in [5.41, 5.74) is 4.54.